The minimum absolute atomic E-state index is 0.0115. The fraction of sp³-hybridized carbons (Fsp3) is 1.00. The third-order valence-corrected chi connectivity index (χ3v) is 5.19. The number of rotatable bonds is 5. The SMILES string of the molecule is COC(C)(C)CCN1CC(C2CC2)NCC1C(C)(C)C. The van der Waals surface area contributed by atoms with Crippen LogP contribution in [-0.4, -0.2) is 49.3 Å². The van der Waals surface area contributed by atoms with Gasteiger partial charge in [0.25, 0.3) is 0 Å². The van der Waals surface area contributed by atoms with Crippen molar-refractivity contribution in [2.75, 3.05) is 26.7 Å². The quantitative estimate of drug-likeness (QED) is 0.839. The summed E-state index contributed by atoms with van der Waals surface area (Å²) in [5.74, 6) is 0.939. The molecule has 20 heavy (non-hydrogen) atoms. The summed E-state index contributed by atoms with van der Waals surface area (Å²) in [6.07, 6.45) is 3.96. The summed E-state index contributed by atoms with van der Waals surface area (Å²) in [4.78, 5) is 2.72. The standard InChI is InChI=1S/C17H34N2O/c1-16(2,3)15-11-18-14(13-7-8-13)12-19(15)10-9-17(4,5)20-6/h13-15,18H,7-12H2,1-6H3. The van der Waals surface area contributed by atoms with Gasteiger partial charge in [0.2, 0.25) is 0 Å². The van der Waals surface area contributed by atoms with Crippen molar-refractivity contribution in [3.8, 4) is 0 Å². The zero-order valence-corrected chi connectivity index (χ0v) is 14.3. The molecule has 1 saturated carbocycles. The van der Waals surface area contributed by atoms with Crippen LogP contribution in [0.2, 0.25) is 0 Å². The highest BCUT2D eigenvalue weighted by Crippen LogP contribution is 2.36. The molecule has 2 unspecified atom stereocenters. The zero-order valence-electron chi connectivity index (χ0n) is 14.3. The molecule has 3 nitrogen and oxygen atoms in total. The first-order valence-corrected chi connectivity index (χ1v) is 8.25. The maximum Gasteiger partial charge on any atom is 0.0634 e. The average molecular weight is 282 g/mol. The Morgan fingerprint density at radius 3 is 2.30 bits per heavy atom. The largest absolute Gasteiger partial charge is 0.379 e. The third-order valence-electron chi connectivity index (χ3n) is 5.19. The average Bonchev–Trinajstić information content (AvgIpc) is 3.19. The van der Waals surface area contributed by atoms with Crippen LogP contribution in [0.3, 0.4) is 0 Å². The minimum atomic E-state index is -0.0115. The van der Waals surface area contributed by atoms with Gasteiger partial charge in [-0.2, -0.15) is 0 Å². The van der Waals surface area contributed by atoms with Crippen LogP contribution in [0.1, 0.15) is 53.9 Å². The van der Waals surface area contributed by atoms with Crippen LogP contribution in [-0.2, 0) is 4.74 Å². The van der Waals surface area contributed by atoms with Crippen LogP contribution in [0.15, 0.2) is 0 Å². The van der Waals surface area contributed by atoms with Gasteiger partial charge in [0.05, 0.1) is 5.60 Å². The molecule has 2 rings (SSSR count). The van der Waals surface area contributed by atoms with Crippen molar-refractivity contribution in [3.05, 3.63) is 0 Å². The fourth-order valence-corrected chi connectivity index (χ4v) is 3.27. The van der Waals surface area contributed by atoms with E-state index in [1.54, 1.807) is 0 Å². The van der Waals surface area contributed by atoms with E-state index in [0.29, 0.717) is 11.5 Å². The smallest absolute Gasteiger partial charge is 0.0634 e. The van der Waals surface area contributed by atoms with Gasteiger partial charge in [0.1, 0.15) is 0 Å². The van der Waals surface area contributed by atoms with Gasteiger partial charge in [-0.1, -0.05) is 20.8 Å². The maximum absolute atomic E-state index is 5.59. The number of nitrogens with zero attached hydrogens (tertiary/aromatic N) is 1. The van der Waals surface area contributed by atoms with Crippen LogP contribution in [0.5, 0.6) is 0 Å². The Morgan fingerprint density at radius 2 is 1.80 bits per heavy atom. The molecule has 0 radical (unpaired) electrons. The highest BCUT2D eigenvalue weighted by Gasteiger charge is 2.40. The lowest BCUT2D eigenvalue weighted by Crippen LogP contribution is -2.61. The van der Waals surface area contributed by atoms with Crippen molar-refractivity contribution >= 4 is 0 Å². The van der Waals surface area contributed by atoms with Crippen molar-refractivity contribution in [3.63, 3.8) is 0 Å². The van der Waals surface area contributed by atoms with Gasteiger partial charge < -0.3 is 10.1 Å². The van der Waals surface area contributed by atoms with Gasteiger partial charge in [-0.15, -0.1) is 0 Å². The zero-order chi connectivity index (χ0) is 15.0. The Balaban J connectivity index is 1.97. The second-order valence-corrected chi connectivity index (χ2v) is 8.44. The first kappa shape index (κ1) is 16.3. The Kier molecular flexibility index (Phi) is 4.83. The second-order valence-electron chi connectivity index (χ2n) is 8.44. The third kappa shape index (κ3) is 4.19. The van der Waals surface area contributed by atoms with E-state index < -0.39 is 0 Å². The topological polar surface area (TPSA) is 24.5 Å². The van der Waals surface area contributed by atoms with E-state index in [-0.39, 0.29) is 5.60 Å². The molecular formula is C17H34N2O. The molecule has 118 valence electrons. The van der Waals surface area contributed by atoms with E-state index in [9.17, 15) is 0 Å². The molecule has 2 fully saturated rings. The molecule has 1 heterocycles. The fourth-order valence-electron chi connectivity index (χ4n) is 3.27. The highest BCUT2D eigenvalue weighted by atomic mass is 16.5. The number of hydrogen-bond donors (Lipinski definition) is 1. The summed E-state index contributed by atoms with van der Waals surface area (Å²) < 4.78 is 5.59. The van der Waals surface area contributed by atoms with Crippen LogP contribution in [0, 0.1) is 11.3 Å². The summed E-state index contributed by atoms with van der Waals surface area (Å²) in [6, 6.07) is 1.35. The van der Waals surface area contributed by atoms with Gasteiger partial charge in [0, 0.05) is 38.8 Å². The van der Waals surface area contributed by atoms with Crippen LogP contribution < -0.4 is 5.32 Å². The first-order chi connectivity index (χ1) is 9.23. The van der Waals surface area contributed by atoms with Crippen LogP contribution >= 0.6 is 0 Å². The highest BCUT2D eigenvalue weighted by molar-refractivity contribution is 4.98. The number of hydrogen-bond acceptors (Lipinski definition) is 3. The van der Waals surface area contributed by atoms with Crippen LogP contribution in [0.25, 0.3) is 0 Å². The summed E-state index contributed by atoms with van der Waals surface area (Å²) in [5, 5.41) is 3.81. The number of nitrogens with one attached hydrogen (secondary N) is 1. The summed E-state index contributed by atoms with van der Waals surface area (Å²) in [5.41, 5.74) is 0.321. The van der Waals surface area contributed by atoms with Crippen molar-refractivity contribution in [2.45, 2.75) is 71.6 Å². The lowest BCUT2D eigenvalue weighted by Gasteiger charge is -2.47. The molecule has 0 aromatic carbocycles. The maximum atomic E-state index is 5.59. The molecule has 3 heteroatoms. The summed E-state index contributed by atoms with van der Waals surface area (Å²) in [6.45, 7) is 15.0. The molecule has 1 aliphatic heterocycles. The lowest BCUT2D eigenvalue weighted by molar-refractivity contribution is -0.0123. The normalized spacial score (nSPS) is 29.7. The Labute approximate surface area is 125 Å². The van der Waals surface area contributed by atoms with Crippen molar-refractivity contribution < 1.29 is 4.74 Å². The molecular weight excluding hydrogens is 248 g/mol. The van der Waals surface area contributed by atoms with E-state index in [4.69, 9.17) is 4.74 Å². The molecule has 0 bridgehead atoms. The Hall–Kier alpha value is -0.120. The minimum Gasteiger partial charge on any atom is -0.379 e. The molecule has 1 aliphatic carbocycles. The predicted octanol–water partition coefficient (Wildman–Crippen LogP) is 2.90. The van der Waals surface area contributed by atoms with E-state index in [0.717, 1.165) is 31.5 Å². The van der Waals surface area contributed by atoms with Crippen molar-refractivity contribution in [1.29, 1.82) is 0 Å². The van der Waals surface area contributed by atoms with E-state index in [1.807, 2.05) is 7.11 Å². The van der Waals surface area contributed by atoms with E-state index in [1.165, 1.54) is 19.4 Å². The summed E-state index contributed by atoms with van der Waals surface area (Å²) >= 11 is 0. The number of methoxy groups -OCH3 is 1. The molecule has 2 aliphatic rings. The van der Waals surface area contributed by atoms with Crippen LogP contribution in [0.4, 0.5) is 0 Å². The molecule has 1 N–H and O–H groups in total. The Bertz CT molecular complexity index is 317. The van der Waals surface area contributed by atoms with E-state index in [2.05, 4.69) is 44.8 Å². The van der Waals surface area contributed by atoms with Gasteiger partial charge in [-0.3, -0.25) is 4.90 Å². The molecule has 1 saturated heterocycles. The van der Waals surface area contributed by atoms with E-state index >= 15 is 0 Å². The van der Waals surface area contributed by atoms with Crippen molar-refractivity contribution in [1.82, 2.24) is 10.2 Å². The first-order valence-electron chi connectivity index (χ1n) is 8.25. The molecule has 2 atom stereocenters. The molecule has 0 aromatic heterocycles. The molecule has 0 amide bonds. The summed E-state index contributed by atoms with van der Waals surface area (Å²) in [7, 11) is 1.83. The van der Waals surface area contributed by atoms with Gasteiger partial charge >= 0.3 is 0 Å². The number of ether oxygens (including phenoxy) is 1. The van der Waals surface area contributed by atoms with Gasteiger partial charge in [-0.05, 0) is 44.4 Å². The van der Waals surface area contributed by atoms with Crippen molar-refractivity contribution in [2.24, 2.45) is 11.3 Å². The molecule has 0 spiro atoms. The lowest BCUT2D eigenvalue weighted by atomic mass is 9.83. The predicted molar refractivity (Wildman–Crippen MR) is 85.0 cm³/mol. The Morgan fingerprint density at radius 1 is 1.15 bits per heavy atom. The van der Waals surface area contributed by atoms with Gasteiger partial charge in [-0.25, -0.2) is 0 Å². The second kappa shape index (κ2) is 5.94. The van der Waals surface area contributed by atoms with Gasteiger partial charge in [0.15, 0.2) is 0 Å². The molecule has 0 aromatic rings. The monoisotopic (exact) mass is 282 g/mol. The number of piperazine rings is 1.